The molecule has 156 valence electrons. The number of non-ortho nitro benzene ring substituents is 1. The van der Waals surface area contributed by atoms with Gasteiger partial charge in [0.2, 0.25) is 6.23 Å². The number of ether oxygens (including phenoxy) is 1. The topological polar surface area (TPSA) is 68.0 Å². The van der Waals surface area contributed by atoms with Gasteiger partial charge in [0.1, 0.15) is 5.75 Å². The van der Waals surface area contributed by atoms with Crippen molar-refractivity contribution in [2.45, 2.75) is 32.0 Å². The molecule has 6 nitrogen and oxygen atoms in total. The first-order valence-corrected chi connectivity index (χ1v) is 11.0. The summed E-state index contributed by atoms with van der Waals surface area (Å²) >= 11 is 3.56. The van der Waals surface area contributed by atoms with Crippen molar-refractivity contribution in [1.82, 2.24) is 5.01 Å². The molecule has 0 saturated carbocycles. The Morgan fingerprint density at radius 3 is 2.71 bits per heavy atom. The zero-order chi connectivity index (χ0) is 21.5. The molecule has 0 bridgehead atoms. The minimum Gasteiger partial charge on any atom is -0.464 e. The highest BCUT2D eigenvalue weighted by Crippen LogP contribution is 2.48. The number of aryl methyl sites for hydroxylation is 1. The molecule has 5 rings (SSSR count). The van der Waals surface area contributed by atoms with E-state index < -0.39 is 6.23 Å². The van der Waals surface area contributed by atoms with Gasteiger partial charge >= 0.3 is 0 Å². The lowest BCUT2D eigenvalue weighted by Gasteiger charge is -2.38. The van der Waals surface area contributed by atoms with Gasteiger partial charge in [0.25, 0.3) is 5.69 Å². The van der Waals surface area contributed by atoms with Gasteiger partial charge in [-0.3, -0.25) is 10.1 Å². The molecule has 3 aromatic rings. The number of nitro benzene ring substituents is 1. The smallest absolute Gasteiger partial charge is 0.269 e. The minimum atomic E-state index is -0.536. The van der Waals surface area contributed by atoms with Crippen LogP contribution in [0, 0.1) is 10.1 Å². The Hall–Kier alpha value is -3.19. The number of rotatable bonds is 4. The van der Waals surface area contributed by atoms with Crippen LogP contribution in [0.3, 0.4) is 0 Å². The third-order valence-corrected chi connectivity index (χ3v) is 6.31. The number of hydrogen-bond donors (Lipinski definition) is 0. The van der Waals surface area contributed by atoms with Gasteiger partial charge in [0.05, 0.1) is 16.7 Å². The number of benzene rings is 3. The Bertz CT molecular complexity index is 1190. The molecule has 0 aromatic heterocycles. The fraction of sp³-hybridized carbons (Fsp3) is 0.208. The number of fused-ring (bicyclic) bond motifs is 3. The van der Waals surface area contributed by atoms with Crippen LogP contribution in [0.25, 0.3) is 0 Å². The molecule has 0 fully saturated rings. The molecule has 7 heteroatoms. The SMILES string of the molecule is CCc1ccc(C2=NN3[C@@H](C2)c2cc(Br)ccc2O[C@H]3c2cccc([N+](=O)[O-])c2)cc1. The van der Waals surface area contributed by atoms with Crippen LogP contribution in [0.1, 0.15) is 47.9 Å². The molecular formula is C24H20BrN3O3. The molecule has 2 heterocycles. The van der Waals surface area contributed by atoms with Crippen LogP contribution in [0.4, 0.5) is 5.69 Å². The van der Waals surface area contributed by atoms with E-state index in [0.29, 0.717) is 5.56 Å². The van der Waals surface area contributed by atoms with E-state index in [1.54, 1.807) is 12.1 Å². The van der Waals surface area contributed by atoms with Gasteiger partial charge in [-0.1, -0.05) is 59.3 Å². The van der Waals surface area contributed by atoms with Crippen molar-refractivity contribution in [1.29, 1.82) is 0 Å². The van der Waals surface area contributed by atoms with Gasteiger partial charge < -0.3 is 4.74 Å². The Kier molecular flexibility index (Phi) is 4.98. The van der Waals surface area contributed by atoms with E-state index in [1.165, 1.54) is 11.6 Å². The highest BCUT2D eigenvalue weighted by Gasteiger charge is 2.41. The maximum atomic E-state index is 11.3. The summed E-state index contributed by atoms with van der Waals surface area (Å²) in [6, 6.07) is 21.0. The zero-order valence-corrected chi connectivity index (χ0v) is 18.5. The fourth-order valence-corrected chi connectivity index (χ4v) is 4.56. The number of hydrazone groups is 1. The summed E-state index contributed by atoms with van der Waals surface area (Å²) in [6.07, 6.45) is 1.20. The standard InChI is InChI=1S/C24H20BrN3O3/c1-2-15-6-8-16(9-7-15)21-14-22-20-13-18(25)10-11-23(20)31-24(27(22)26-21)17-4-3-5-19(12-17)28(29)30/h3-13,22,24H,2,14H2,1H3/t22-,24-/m0/s1. The Morgan fingerprint density at radius 2 is 1.97 bits per heavy atom. The summed E-state index contributed by atoms with van der Waals surface area (Å²) < 4.78 is 7.29. The number of nitrogens with zero attached hydrogens (tertiary/aromatic N) is 3. The average molecular weight is 478 g/mol. The van der Waals surface area contributed by atoms with Gasteiger partial charge in [-0.25, -0.2) is 5.01 Å². The van der Waals surface area contributed by atoms with Crippen LogP contribution in [0.15, 0.2) is 76.3 Å². The van der Waals surface area contributed by atoms with Crippen LogP contribution >= 0.6 is 15.9 Å². The molecule has 0 amide bonds. The van der Waals surface area contributed by atoms with Crippen LogP contribution in [0.2, 0.25) is 0 Å². The molecule has 0 radical (unpaired) electrons. The molecule has 0 aliphatic carbocycles. The summed E-state index contributed by atoms with van der Waals surface area (Å²) in [6.45, 7) is 2.14. The second-order valence-electron chi connectivity index (χ2n) is 7.70. The van der Waals surface area contributed by atoms with Gasteiger partial charge in [-0.2, -0.15) is 5.10 Å². The quantitative estimate of drug-likeness (QED) is 0.333. The van der Waals surface area contributed by atoms with E-state index in [0.717, 1.165) is 39.9 Å². The Morgan fingerprint density at radius 1 is 1.16 bits per heavy atom. The predicted octanol–water partition coefficient (Wildman–Crippen LogP) is 6.16. The highest BCUT2D eigenvalue weighted by molar-refractivity contribution is 9.10. The third-order valence-electron chi connectivity index (χ3n) is 5.81. The molecule has 3 aromatic carbocycles. The molecular weight excluding hydrogens is 458 g/mol. The monoisotopic (exact) mass is 477 g/mol. The van der Waals surface area contributed by atoms with Crippen LogP contribution in [-0.4, -0.2) is 15.6 Å². The first kappa shape index (κ1) is 19.8. The second kappa shape index (κ2) is 7.81. The van der Waals surface area contributed by atoms with Gasteiger partial charge in [-0.15, -0.1) is 0 Å². The lowest BCUT2D eigenvalue weighted by atomic mass is 9.95. The Labute approximate surface area is 188 Å². The largest absolute Gasteiger partial charge is 0.464 e. The van der Waals surface area contributed by atoms with E-state index in [-0.39, 0.29) is 16.7 Å². The van der Waals surface area contributed by atoms with Crippen LogP contribution < -0.4 is 4.74 Å². The molecule has 0 N–H and O–H groups in total. The van der Waals surface area contributed by atoms with E-state index in [9.17, 15) is 10.1 Å². The van der Waals surface area contributed by atoms with E-state index in [4.69, 9.17) is 9.84 Å². The maximum absolute atomic E-state index is 11.3. The molecule has 2 atom stereocenters. The van der Waals surface area contributed by atoms with Crippen molar-refractivity contribution in [3.05, 3.63) is 104 Å². The van der Waals surface area contributed by atoms with Crippen molar-refractivity contribution >= 4 is 27.3 Å². The molecule has 0 saturated heterocycles. The van der Waals surface area contributed by atoms with Gasteiger partial charge in [0.15, 0.2) is 0 Å². The van der Waals surface area contributed by atoms with E-state index in [1.807, 2.05) is 23.2 Å². The van der Waals surface area contributed by atoms with Crippen molar-refractivity contribution in [2.75, 3.05) is 0 Å². The first-order valence-electron chi connectivity index (χ1n) is 10.2. The van der Waals surface area contributed by atoms with Crippen molar-refractivity contribution in [3.8, 4) is 5.75 Å². The summed E-state index contributed by atoms with van der Waals surface area (Å²) in [7, 11) is 0. The fourth-order valence-electron chi connectivity index (χ4n) is 4.18. The van der Waals surface area contributed by atoms with Crippen LogP contribution in [-0.2, 0) is 6.42 Å². The van der Waals surface area contributed by atoms with E-state index >= 15 is 0 Å². The first-order chi connectivity index (χ1) is 15.0. The Balaban J connectivity index is 1.58. The number of hydrogen-bond acceptors (Lipinski definition) is 5. The lowest BCUT2D eigenvalue weighted by Crippen LogP contribution is -2.33. The molecule has 2 aliphatic rings. The summed E-state index contributed by atoms with van der Waals surface area (Å²) in [5.41, 5.74) is 5.16. The van der Waals surface area contributed by atoms with Crippen LogP contribution in [0.5, 0.6) is 5.75 Å². The zero-order valence-electron chi connectivity index (χ0n) is 16.9. The minimum absolute atomic E-state index is 0.00800. The van der Waals surface area contributed by atoms with Gasteiger partial charge in [0, 0.05) is 34.2 Å². The average Bonchev–Trinajstić information content (AvgIpc) is 3.24. The van der Waals surface area contributed by atoms with Crippen molar-refractivity contribution < 1.29 is 9.66 Å². The highest BCUT2D eigenvalue weighted by atomic mass is 79.9. The summed E-state index contributed by atoms with van der Waals surface area (Å²) in [5.74, 6) is 0.777. The van der Waals surface area contributed by atoms with Crippen molar-refractivity contribution in [2.24, 2.45) is 5.10 Å². The maximum Gasteiger partial charge on any atom is 0.269 e. The normalized spacial score (nSPS) is 19.3. The predicted molar refractivity (Wildman–Crippen MR) is 122 cm³/mol. The second-order valence-corrected chi connectivity index (χ2v) is 8.62. The lowest BCUT2D eigenvalue weighted by molar-refractivity contribution is -0.385. The summed E-state index contributed by atoms with van der Waals surface area (Å²) in [4.78, 5) is 10.9. The van der Waals surface area contributed by atoms with E-state index in [2.05, 4.69) is 53.2 Å². The number of nitro groups is 1. The number of halogens is 1. The molecule has 0 unspecified atom stereocenters. The summed E-state index contributed by atoms with van der Waals surface area (Å²) in [5, 5.41) is 18.2. The third kappa shape index (κ3) is 3.59. The van der Waals surface area contributed by atoms with Gasteiger partial charge in [-0.05, 0) is 35.7 Å². The van der Waals surface area contributed by atoms with Crippen molar-refractivity contribution in [3.63, 3.8) is 0 Å². The molecule has 2 aliphatic heterocycles. The molecule has 0 spiro atoms. The molecule has 31 heavy (non-hydrogen) atoms.